The van der Waals surface area contributed by atoms with Gasteiger partial charge in [0.05, 0.1) is 4.90 Å². The number of halogens is 1. The van der Waals surface area contributed by atoms with Crippen molar-refractivity contribution in [2.75, 3.05) is 19.6 Å². The summed E-state index contributed by atoms with van der Waals surface area (Å²) in [6.07, 6.45) is 3.49. The molecule has 2 aliphatic rings. The van der Waals surface area contributed by atoms with Crippen molar-refractivity contribution < 1.29 is 13.2 Å². The van der Waals surface area contributed by atoms with Crippen LogP contribution >= 0.6 is 12.4 Å². The summed E-state index contributed by atoms with van der Waals surface area (Å²) < 4.78 is 33.7. The summed E-state index contributed by atoms with van der Waals surface area (Å²) in [5.41, 5.74) is 1.00. The van der Waals surface area contributed by atoms with Crippen LogP contribution in [0, 0.1) is 0 Å². The van der Waals surface area contributed by atoms with E-state index in [1.807, 2.05) is 13.8 Å². The maximum absolute atomic E-state index is 13.2. The van der Waals surface area contributed by atoms with E-state index < -0.39 is 10.0 Å². The van der Waals surface area contributed by atoms with Gasteiger partial charge in [0.25, 0.3) is 0 Å². The molecule has 1 aromatic rings. The molecule has 7 heteroatoms. The molecular weight excluding hydrogens is 348 g/mol. The number of hydrogen-bond donors (Lipinski definition) is 1. The van der Waals surface area contributed by atoms with E-state index in [9.17, 15) is 8.42 Å². The van der Waals surface area contributed by atoms with Crippen molar-refractivity contribution >= 4 is 22.4 Å². The van der Waals surface area contributed by atoms with Crippen molar-refractivity contribution in [3.63, 3.8) is 0 Å². The second-order valence-corrected chi connectivity index (χ2v) is 8.39. The average Bonchev–Trinajstić information content (AvgIpc) is 2.92. The zero-order valence-electron chi connectivity index (χ0n) is 14.3. The van der Waals surface area contributed by atoms with Gasteiger partial charge in [-0.05, 0) is 63.0 Å². The molecule has 0 saturated carbocycles. The number of hydrogen-bond acceptors (Lipinski definition) is 4. The van der Waals surface area contributed by atoms with Crippen LogP contribution in [0.4, 0.5) is 0 Å². The van der Waals surface area contributed by atoms with E-state index in [0.29, 0.717) is 11.4 Å². The molecule has 24 heavy (non-hydrogen) atoms. The van der Waals surface area contributed by atoms with E-state index in [1.54, 1.807) is 22.5 Å². The Morgan fingerprint density at radius 2 is 2.00 bits per heavy atom. The average molecular weight is 375 g/mol. The molecule has 1 fully saturated rings. The standard InChI is InChI=1S/C17H26N2O3S.ClH/c1-3-10-19(15-6-8-18-9-7-15)23(20,21)16-4-5-17-14(12-16)11-13(2)22-17;/h4-5,12-13,15,18H,3,6-11H2,1-2H3;1H. The number of nitrogens with one attached hydrogen (secondary N) is 1. The van der Waals surface area contributed by atoms with E-state index >= 15 is 0 Å². The van der Waals surface area contributed by atoms with Crippen LogP contribution in [0.15, 0.2) is 23.1 Å². The van der Waals surface area contributed by atoms with E-state index in [0.717, 1.165) is 50.1 Å². The van der Waals surface area contributed by atoms with Crippen LogP contribution in [-0.4, -0.2) is 44.5 Å². The third-order valence-electron chi connectivity index (χ3n) is 4.63. The molecule has 1 aromatic carbocycles. The second kappa shape index (κ2) is 8.04. The molecule has 2 aliphatic heterocycles. The van der Waals surface area contributed by atoms with Crippen LogP contribution in [0.3, 0.4) is 0 Å². The summed E-state index contributed by atoms with van der Waals surface area (Å²) in [7, 11) is -3.45. The van der Waals surface area contributed by atoms with Crippen LogP contribution in [-0.2, 0) is 16.4 Å². The molecule has 1 saturated heterocycles. The fourth-order valence-corrected chi connectivity index (χ4v) is 5.34. The number of piperidine rings is 1. The Bertz CT molecular complexity index is 660. The van der Waals surface area contributed by atoms with Crippen molar-refractivity contribution in [3.05, 3.63) is 23.8 Å². The van der Waals surface area contributed by atoms with Crippen LogP contribution in [0.25, 0.3) is 0 Å². The van der Waals surface area contributed by atoms with E-state index in [2.05, 4.69) is 5.32 Å². The van der Waals surface area contributed by atoms with Crippen molar-refractivity contribution in [1.29, 1.82) is 0 Å². The molecule has 5 nitrogen and oxygen atoms in total. The van der Waals surface area contributed by atoms with Gasteiger partial charge in [0.1, 0.15) is 11.9 Å². The SMILES string of the molecule is CCCN(C1CCNCC1)S(=O)(=O)c1ccc2c(c1)CC(C)O2.Cl. The quantitative estimate of drug-likeness (QED) is 0.860. The van der Waals surface area contributed by atoms with Gasteiger partial charge in [0.2, 0.25) is 10.0 Å². The molecule has 3 rings (SSSR count). The molecular formula is C17H27ClN2O3S. The summed E-state index contributed by atoms with van der Waals surface area (Å²) in [5.74, 6) is 0.820. The zero-order chi connectivity index (χ0) is 16.4. The summed E-state index contributed by atoms with van der Waals surface area (Å²) in [6.45, 7) is 6.39. The van der Waals surface area contributed by atoms with Gasteiger partial charge in [-0.15, -0.1) is 12.4 Å². The third-order valence-corrected chi connectivity index (χ3v) is 6.58. The first-order chi connectivity index (χ1) is 11.0. The largest absolute Gasteiger partial charge is 0.490 e. The van der Waals surface area contributed by atoms with E-state index in [4.69, 9.17) is 4.74 Å². The number of sulfonamides is 1. The lowest BCUT2D eigenvalue weighted by Crippen LogP contribution is -2.46. The van der Waals surface area contributed by atoms with Crippen molar-refractivity contribution in [1.82, 2.24) is 9.62 Å². The first kappa shape index (κ1) is 19.5. The monoisotopic (exact) mass is 374 g/mol. The van der Waals surface area contributed by atoms with Crippen LogP contribution in [0.5, 0.6) is 5.75 Å². The van der Waals surface area contributed by atoms with Gasteiger partial charge in [-0.25, -0.2) is 8.42 Å². The fraction of sp³-hybridized carbons (Fsp3) is 0.647. The van der Waals surface area contributed by atoms with Gasteiger partial charge >= 0.3 is 0 Å². The summed E-state index contributed by atoms with van der Waals surface area (Å²) in [6, 6.07) is 5.40. The van der Waals surface area contributed by atoms with Crippen molar-refractivity contribution in [2.45, 2.75) is 56.6 Å². The highest BCUT2D eigenvalue weighted by Gasteiger charge is 2.32. The third kappa shape index (κ3) is 3.87. The normalized spacial score (nSPS) is 21.2. The Morgan fingerprint density at radius 3 is 2.67 bits per heavy atom. The molecule has 0 aromatic heterocycles. The van der Waals surface area contributed by atoms with Gasteiger partial charge in [0.15, 0.2) is 0 Å². The Kier molecular flexibility index (Phi) is 6.53. The minimum absolute atomic E-state index is 0. The number of rotatable bonds is 5. The Labute approximate surface area is 151 Å². The summed E-state index contributed by atoms with van der Waals surface area (Å²) in [5, 5.41) is 3.30. The first-order valence-corrected chi connectivity index (χ1v) is 9.98. The number of benzene rings is 1. The molecule has 0 spiro atoms. The van der Waals surface area contributed by atoms with Crippen LogP contribution in [0.1, 0.15) is 38.7 Å². The Morgan fingerprint density at radius 1 is 1.29 bits per heavy atom. The number of nitrogens with zero attached hydrogens (tertiary/aromatic N) is 1. The van der Waals surface area contributed by atoms with Crippen molar-refractivity contribution in [3.8, 4) is 5.75 Å². The lowest BCUT2D eigenvalue weighted by molar-refractivity contribution is 0.254. The second-order valence-electron chi connectivity index (χ2n) is 6.50. The number of fused-ring (bicyclic) bond motifs is 1. The zero-order valence-corrected chi connectivity index (χ0v) is 16.0. The lowest BCUT2D eigenvalue weighted by atomic mass is 10.1. The predicted octanol–water partition coefficient (Wildman–Crippen LogP) is 2.58. The maximum atomic E-state index is 13.2. The summed E-state index contributed by atoms with van der Waals surface area (Å²) in [4.78, 5) is 0.404. The maximum Gasteiger partial charge on any atom is 0.243 e. The number of ether oxygens (including phenoxy) is 1. The molecule has 0 bridgehead atoms. The molecule has 1 N–H and O–H groups in total. The topological polar surface area (TPSA) is 58.6 Å². The highest BCUT2D eigenvalue weighted by atomic mass is 35.5. The first-order valence-electron chi connectivity index (χ1n) is 8.54. The molecule has 2 heterocycles. The minimum Gasteiger partial charge on any atom is -0.490 e. The van der Waals surface area contributed by atoms with Crippen LogP contribution < -0.4 is 10.1 Å². The van der Waals surface area contributed by atoms with Gasteiger partial charge in [-0.2, -0.15) is 4.31 Å². The highest BCUT2D eigenvalue weighted by Crippen LogP contribution is 2.32. The molecule has 0 aliphatic carbocycles. The van der Waals surface area contributed by atoms with E-state index in [1.165, 1.54) is 0 Å². The minimum atomic E-state index is -3.45. The Balaban J connectivity index is 0.00000208. The molecule has 1 unspecified atom stereocenters. The Hall–Kier alpha value is -0.820. The molecule has 136 valence electrons. The molecule has 1 atom stereocenters. The molecule has 0 amide bonds. The smallest absolute Gasteiger partial charge is 0.243 e. The van der Waals surface area contributed by atoms with E-state index in [-0.39, 0.29) is 24.6 Å². The fourth-order valence-electron chi connectivity index (χ4n) is 3.51. The predicted molar refractivity (Wildman–Crippen MR) is 97.6 cm³/mol. The van der Waals surface area contributed by atoms with Crippen molar-refractivity contribution in [2.24, 2.45) is 0 Å². The van der Waals surface area contributed by atoms with Gasteiger partial charge in [0, 0.05) is 19.0 Å². The van der Waals surface area contributed by atoms with Crippen LogP contribution in [0.2, 0.25) is 0 Å². The van der Waals surface area contributed by atoms with Gasteiger partial charge < -0.3 is 10.1 Å². The summed E-state index contributed by atoms with van der Waals surface area (Å²) >= 11 is 0. The lowest BCUT2D eigenvalue weighted by Gasteiger charge is -2.33. The van der Waals surface area contributed by atoms with Gasteiger partial charge in [-0.3, -0.25) is 0 Å². The van der Waals surface area contributed by atoms with Gasteiger partial charge in [-0.1, -0.05) is 6.92 Å². The highest BCUT2D eigenvalue weighted by molar-refractivity contribution is 7.89. The molecule has 0 radical (unpaired) electrons.